The Morgan fingerprint density at radius 3 is 1.74 bits per heavy atom. The second-order valence-electron chi connectivity index (χ2n) is 27.9. The van der Waals surface area contributed by atoms with Crippen LogP contribution in [-0.4, -0.2) is 52.3 Å². The van der Waals surface area contributed by atoms with Gasteiger partial charge in [0.2, 0.25) is 0 Å². The number of carbonyl (C=O) groups excluding carboxylic acids is 2. The van der Waals surface area contributed by atoms with Gasteiger partial charge in [-0.25, -0.2) is 0 Å². The first kappa shape index (κ1) is 72.6. The number of amides is 2. The van der Waals surface area contributed by atoms with Gasteiger partial charge in [0.1, 0.15) is 23.0 Å². The minimum Gasteiger partial charge on any atom is -0.494 e. The summed E-state index contributed by atoms with van der Waals surface area (Å²) < 4.78 is 21.7. The van der Waals surface area contributed by atoms with Crippen molar-refractivity contribution in [2.24, 2.45) is 17.8 Å². The monoisotopic (exact) mass is 1330 g/mol. The number of ether oxygens (including phenoxy) is 2. The van der Waals surface area contributed by atoms with Crippen molar-refractivity contribution in [2.75, 3.05) is 26.3 Å². The van der Waals surface area contributed by atoms with E-state index in [1.807, 2.05) is 46.2 Å². The molecule has 0 spiro atoms. The Kier molecular flexibility index (Phi) is 26.0. The zero-order valence-electron chi connectivity index (χ0n) is 60.8. The summed E-state index contributed by atoms with van der Waals surface area (Å²) in [6.07, 6.45) is 26.8. The number of rotatable bonds is 38. The van der Waals surface area contributed by atoms with Crippen molar-refractivity contribution in [2.45, 2.75) is 211 Å². The first-order valence-electron chi connectivity index (χ1n) is 37.6. The minimum absolute atomic E-state index is 0.103. The number of aryl methyl sites for hydroxylation is 2. The quantitative estimate of drug-likeness (QED) is 0.0282. The van der Waals surface area contributed by atoms with Crippen LogP contribution in [0.1, 0.15) is 224 Å². The summed E-state index contributed by atoms with van der Waals surface area (Å²) in [4.78, 5) is 38.2. The fourth-order valence-corrected chi connectivity index (χ4v) is 15.7. The molecular formula is C88H108N4O5S. The van der Waals surface area contributed by atoms with Crippen molar-refractivity contribution >= 4 is 46.1 Å². The normalized spacial score (nSPS) is 14.3. The van der Waals surface area contributed by atoms with E-state index in [0.717, 1.165) is 169 Å². The lowest BCUT2D eigenvalue weighted by molar-refractivity contribution is -0.124. The molecule has 9 nitrogen and oxygen atoms in total. The predicted molar refractivity (Wildman–Crippen MR) is 410 cm³/mol. The molecule has 0 aliphatic carbocycles. The van der Waals surface area contributed by atoms with Crippen LogP contribution >= 0.6 is 11.3 Å². The van der Waals surface area contributed by atoms with Crippen molar-refractivity contribution in [3.8, 4) is 72.8 Å². The third-order valence-electron chi connectivity index (χ3n) is 20.6. The molecule has 98 heavy (non-hydrogen) atoms. The summed E-state index contributed by atoms with van der Waals surface area (Å²) >= 11 is 1.70. The van der Waals surface area contributed by atoms with Crippen LogP contribution in [0.3, 0.4) is 0 Å². The summed E-state index contributed by atoms with van der Waals surface area (Å²) in [5, 5.41) is 9.49. The van der Waals surface area contributed by atoms with Gasteiger partial charge in [0.05, 0.1) is 62.8 Å². The van der Waals surface area contributed by atoms with Gasteiger partial charge in [-0.15, -0.1) is 11.3 Å². The predicted octanol–water partition coefficient (Wildman–Crippen LogP) is 24.4. The van der Waals surface area contributed by atoms with E-state index in [2.05, 4.69) is 171 Å². The van der Waals surface area contributed by atoms with E-state index in [9.17, 15) is 5.26 Å². The van der Waals surface area contributed by atoms with Crippen LogP contribution < -0.4 is 9.47 Å². The standard InChI is InChI=1S/C88H108N4O5S/c1-12-20-25-27-50-95-71-41-44-73(62(11)54-71)66-33-37-68(38-34-66)81-75(55-63(17-6)29-22-14-3)76-56-70(74-43-32-60(9)53-78(74)96-51-28-26-21-13-2)48-49-90(76)85(81)79-46-47-80(98-79)86-83-82(87(93)92(86)59-65(19-8)31-24-16-5)84(91(88(83)94)58-64(18-7)30-23-15-4)69-39-35-67(36-40-69)77-45-42-72(97-77)52-61(10)57-89/h32-49,52-54,56,63-65H,12-31,50-51,55,58-59H2,1-11H3/b61-52-. The van der Waals surface area contributed by atoms with E-state index in [0.29, 0.717) is 59.6 Å². The molecule has 0 saturated carbocycles. The lowest BCUT2D eigenvalue weighted by Crippen LogP contribution is -2.34. The third-order valence-corrected chi connectivity index (χ3v) is 21.7. The van der Waals surface area contributed by atoms with Crippen LogP contribution in [-0.2, 0) is 16.0 Å². The molecule has 0 N–H and O–H groups in total. The Balaban J connectivity index is 1.17. The van der Waals surface area contributed by atoms with Gasteiger partial charge in [-0.1, -0.05) is 225 Å². The van der Waals surface area contributed by atoms with Gasteiger partial charge >= 0.3 is 0 Å². The molecule has 3 unspecified atom stereocenters. The third kappa shape index (κ3) is 16.8. The summed E-state index contributed by atoms with van der Waals surface area (Å²) in [5.41, 5.74) is 17.6. The number of unbranched alkanes of at least 4 members (excludes halogenated alkanes) is 9. The maximum Gasteiger partial charge on any atom is 0.261 e. The minimum atomic E-state index is -0.103. The Labute approximate surface area is 590 Å². The average Bonchev–Trinajstić information content (AvgIpc) is 1.56. The summed E-state index contributed by atoms with van der Waals surface area (Å²) in [7, 11) is 0. The molecule has 0 saturated heterocycles. The number of nitriles is 1. The smallest absolute Gasteiger partial charge is 0.261 e. The van der Waals surface area contributed by atoms with Gasteiger partial charge in [0.25, 0.3) is 11.8 Å². The van der Waals surface area contributed by atoms with E-state index < -0.39 is 0 Å². The van der Waals surface area contributed by atoms with Crippen LogP contribution in [0.2, 0.25) is 0 Å². The molecule has 516 valence electrons. The van der Waals surface area contributed by atoms with Crippen LogP contribution in [0.25, 0.3) is 78.3 Å². The van der Waals surface area contributed by atoms with Crippen LogP contribution in [0.4, 0.5) is 0 Å². The highest BCUT2D eigenvalue weighted by Crippen LogP contribution is 2.52. The van der Waals surface area contributed by atoms with Crippen LogP contribution in [0.15, 0.2) is 149 Å². The number of furan rings is 1. The zero-order chi connectivity index (χ0) is 69.2. The molecule has 10 heteroatoms. The number of hydrogen-bond donors (Lipinski definition) is 0. The lowest BCUT2D eigenvalue weighted by atomic mass is 9.87. The molecule has 8 aromatic rings. The Morgan fingerprint density at radius 1 is 0.551 bits per heavy atom. The summed E-state index contributed by atoms with van der Waals surface area (Å²) in [6.45, 7) is 26.6. The van der Waals surface area contributed by atoms with Gasteiger partial charge in [-0.2, -0.15) is 5.26 Å². The topological polar surface area (TPSA) is 100 Å². The molecule has 10 rings (SSSR count). The van der Waals surface area contributed by atoms with Crippen LogP contribution in [0.5, 0.6) is 11.5 Å². The average molecular weight is 1330 g/mol. The molecule has 6 heterocycles. The summed E-state index contributed by atoms with van der Waals surface area (Å²) in [5.74, 6) is 3.85. The van der Waals surface area contributed by atoms with E-state index in [-0.39, 0.29) is 23.7 Å². The number of aromatic nitrogens is 1. The molecule has 2 amide bonds. The molecule has 4 aromatic heterocycles. The second kappa shape index (κ2) is 35.1. The molecule has 2 aliphatic rings. The number of nitrogens with zero attached hydrogens (tertiary/aromatic N) is 4. The van der Waals surface area contributed by atoms with Crippen molar-refractivity contribution in [1.82, 2.24) is 14.2 Å². The fraction of sp³-hybridized carbons (Fsp3) is 0.443. The Morgan fingerprint density at radius 2 is 1.12 bits per heavy atom. The Bertz CT molecular complexity index is 4140. The van der Waals surface area contributed by atoms with Gasteiger partial charge in [0, 0.05) is 41.5 Å². The van der Waals surface area contributed by atoms with Gasteiger partial charge < -0.3 is 28.1 Å². The molecule has 3 atom stereocenters. The highest BCUT2D eigenvalue weighted by Gasteiger charge is 2.50. The highest BCUT2D eigenvalue weighted by atomic mass is 32.1. The number of allylic oxidation sites excluding steroid dienone is 1. The van der Waals surface area contributed by atoms with Crippen molar-refractivity contribution in [3.05, 3.63) is 177 Å². The molecule has 2 aliphatic heterocycles. The highest BCUT2D eigenvalue weighted by molar-refractivity contribution is 7.16. The van der Waals surface area contributed by atoms with Crippen molar-refractivity contribution in [3.63, 3.8) is 0 Å². The number of fused-ring (bicyclic) bond motifs is 2. The maximum absolute atomic E-state index is 16.1. The van der Waals surface area contributed by atoms with Gasteiger partial charge in [-0.05, 0) is 176 Å². The molecule has 0 radical (unpaired) electrons. The number of benzene rings is 4. The Hall–Kier alpha value is -8.13. The molecule has 4 aromatic carbocycles. The zero-order valence-corrected chi connectivity index (χ0v) is 61.7. The first-order chi connectivity index (χ1) is 47.8. The van der Waals surface area contributed by atoms with E-state index in [1.165, 1.54) is 71.9 Å². The van der Waals surface area contributed by atoms with E-state index >= 15 is 9.59 Å². The fourth-order valence-electron chi connectivity index (χ4n) is 14.6. The van der Waals surface area contributed by atoms with E-state index in [4.69, 9.17) is 13.9 Å². The number of pyridine rings is 1. The molecular weight excluding hydrogens is 1230 g/mol. The molecule has 0 bridgehead atoms. The number of carbonyl (C=O) groups is 2. The number of thiophene rings is 1. The largest absolute Gasteiger partial charge is 0.494 e. The van der Waals surface area contributed by atoms with Gasteiger partial charge in [-0.3, -0.25) is 9.59 Å². The van der Waals surface area contributed by atoms with Crippen molar-refractivity contribution in [1.29, 1.82) is 5.26 Å². The van der Waals surface area contributed by atoms with E-state index in [1.54, 1.807) is 24.3 Å². The lowest BCUT2D eigenvalue weighted by Gasteiger charge is -2.29. The van der Waals surface area contributed by atoms with Crippen molar-refractivity contribution < 1.29 is 23.5 Å². The SMILES string of the molecule is CCCCCCOc1ccc(-c2ccc(-c3c(CC(CC)CCCC)c4cc(-c5ccc(C)cc5OCCCCCC)ccn4c3-c3ccc(C4=C5C(=O)N(CC(CC)CCCC)C(c6ccc(-c7ccc(/C=C(/C)C#N)o7)cc6)=C5C(=O)N4CC(CC)CCCC)s3)cc2)c(C)c1. The summed E-state index contributed by atoms with van der Waals surface area (Å²) in [6, 6.07) is 45.8. The first-order valence-corrected chi connectivity index (χ1v) is 38.4. The maximum atomic E-state index is 16.1. The second-order valence-corrected chi connectivity index (χ2v) is 28.9. The van der Waals surface area contributed by atoms with Crippen LogP contribution in [0, 0.1) is 42.9 Å². The van der Waals surface area contributed by atoms with Gasteiger partial charge in [0.15, 0.2) is 0 Å². The molecule has 0 fully saturated rings. The number of hydrogen-bond acceptors (Lipinski definition) is 7.